The van der Waals surface area contributed by atoms with E-state index in [4.69, 9.17) is 5.84 Å². The summed E-state index contributed by atoms with van der Waals surface area (Å²) in [5, 5.41) is 0. The number of hydrazine groups is 1. The molecule has 2 atom stereocenters. The van der Waals surface area contributed by atoms with Gasteiger partial charge in [0.05, 0.1) is 6.04 Å². The molecule has 2 unspecified atom stereocenters. The SMILES string of the molecule is CCC(c1ccccc1)C(NN)c1ccccc1C. The number of nitrogens with one attached hydrogen (secondary N) is 1. The van der Waals surface area contributed by atoms with Crippen LogP contribution in [0.2, 0.25) is 0 Å². The van der Waals surface area contributed by atoms with Gasteiger partial charge in [-0.25, -0.2) is 0 Å². The molecule has 0 bridgehead atoms. The van der Waals surface area contributed by atoms with Gasteiger partial charge < -0.3 is 0 Å². The molecule has 2 rings (SSSR count). The zero-order valence-electron chi connectivity index (χ0n) is 11.6. The average Bonchev–Trinajstić information content (AvgIpc) is 2.46. The van der Waals surface area contributed by atoms with Crippen LogP contribution in [0.15, 0.2) is 54.6 Å². The largest absolute Gasteiger partial charge is 0.271 e. The van der Waals surface area contributed by atoms with E-state index >= 15 is 0 Å². The minimum atomic E-state index is 0.147. The highest BCUT2D eigenvalue weighted by molar-refractivity contribution is 5.33. The molecule has 0 heterocycles. The Kier molecular flexibility index (Phi) is 4.72. The fourth-order valence-corrected chi connectivity index (χ4v) is 2.72. The second-order valence-corrected chi connectivity index (χ2v) is 4.93. The molecular formula is C17H22N2. The third kappa shape index (κ3) is 3.03. The summed E-state index contributed by atoms with van der Waals surface area (Å²) >= 11 is 0. The summed E-state index contributed by atoms with van der Waals surface area (Å²) in [6.07, 6.45) is 1.05. The Morgan fingerprint density at radius 2 is 1.63 bits per heavy atom. The molecule has 100 valence electrons. The van der Waals surface area contributed by atoms with Crippen molar-refractivity contribution in [2.75, 3.05) is 0 Å². The van der Waals surface area contributed by atoms with Crippen molar-refractivity contribution >= 4 is 0 Å². The van der Waals surface area contributed by atoms with E-state index in [1.807, 2.05) is 0 Å². The molecular weight excluding hydrogens is 232 g/mol. The van der Waals surface area contributed by atoms with Gasteiger partial charge in [-0.2, -0.15) is 0 Å². The quantitative estimate of drug-likeness (QED) is 0.631. The van der Waals surface area contributed by atoms with E-state index in [9.17, 15) is 0 Å². The van der Waals surface area contributed by atoms with E-state index in [1.54, 1.807) is 0 Å². The van der Waals surface area contributed by atoms with Crippen LogP contribution in [0.4, 0.5) is 0 Å². The fourth-order valence-electron chi connectivity index (χ4n) is 2.72. The standard InChI is InChI=1S/C17H22N2/c1-3-15(14-10-5-4-6-11-14)17(19-18)16-12-8-7-9-13(16)2/h4-12,15,17,19H,3,18H2,1-2H3. The Hall–Kier alpha value is -1.64. The zero-order chi connectivity index (χ0) is 13.7. The topological polar surface area (TPSA) is 38.0 Å². The molecule has 0 aliphatic rings. The Labute approximate surface area is 115 Å². The highest BCUT2D eigenvalue weighted by atomic mass is 15.2. The van der Waals surface area contributed by atoms with Crippen LogP contribution in [0.1, 0.15) is 42.0 Å². The van der Waals surface area contributed by atoms with Crippen molar-refractivity contribution in [2.45, 2.75) is 32.2 Å². The lowest BCUT2D eigenvalue weighted by molar-refractivity contribution is 0.443. The number of nitrogens with two attached hydrogens (primary N) is 1. The van der Waals surface area contributed by atoms with Crippen molar-refractivity contribution in [1.29, 1.82) is 0 Å². The Morgan fingerprint density at radius 1 is 1.00 bits per heavy atom. The normalized spacial score (nSPS) is 14.1. The van der Waals surface area contributed by atoms with Crippen LogP contribution in [-0.2, 0) is 0 Å². The van der Waals surface area contributed by atoms with E-state index in [0.29, 0.717) is 5.92 Å². The molecule has 2 nitrogen and oxygen atoms in total. The minimum absolute atomic E-state index is 0.147. The van der Waals surface area contributed by atoms with Gasteiger partial charge in [-0.15, -0.1) is 0 Å². The van der Waals surface area contributed by atoms with Crippen LogP contribution in [0.25, 0.3) is 0 Å². The van der Waals surface area contributed by atoms with Crippen LogP contribution < -0.4 is 11.3 Å². The molecule has 2 aromatic rings. The molecule has 0 aliphatic heterocycles. The molecule has 0 spiro atoms. The Morgan fingerprint density at radius 3 is 2.21 bits per heavy atom. The van der Waals surface area contributed by atoms with E-state index in [1.165, 1.54) is 16.7 Å². The van der Waals surface area contributed by atoms with Gasteiger partial charge in [-0.3, -0.25) is 11.3 Å². The van der Waals surface area contributed by atoms with Crippen LogP contribution in [-0.4, -0.2) is 0 Å². The summed E-state index contributed by atoms with van der Waals surface area (Å²) in [6.45, 7) is 4.34. The average molecular weight is 254 g/mol. The maximum Gasteiger partial charge on any atom is 0.0530 e. The highest BCUT2D eigenvalue weighted by Gasteiger charge is 2.23. The Bertz CT molecular complexity index is 508. The first-order valence-electron chi connectivity index (χ1n) is 6.84. The second kappa shape index (κ2) is 6.50. The molecule has 0 fully saturated rings. The molecule has 0 aromatic heterocycles. The van der Waals surface area contributed by atoms with E-state index in [2.05, 4.69) is 73.9 Å². The van der Waals surface area contributed by atoms with E-state index in [-0.39, 0.29) is 6.04 Å². The van der Waals surface area contributed by atoms with Gasteiger partial charge in [0.25, 0.3) is 0 Å². The van der Waals surface area contributed by atoms with Gasteiger partial charge in [0.2, 0.25) is 0 Å². The maximum atomic E-state index is 5.84. The summed E-state index contributed by atoms with van der Waals surface area (Å²) in [6, 6.07) is 19.2. The molecule has 2 heteroatoms. The summed E-state index contributed by atoms with van der Waals surface area (Å²) in [5.41, 5.74) is 6.89. The van der Waals surface area contributed by atoms with Crippen LogP contribution in [0.5, 0.6) is 0 Å². The summed E-state index contributed by atoms with van der Waals surface area (Å²) < 4.78 is 0. The van der Waals surface area contributed by atoms with Crippen LogP contribution in [0, 0.1) is 6.92 Å². The molecule has 19 heavy (non-hydrogen) atoms. The summed E-state index contributed by atoms with van der Waals surface area (Å²) in [7, 11) is 0. The van der Waals surface area contributed by atoms with E-state index < -0.39 is 0 Å². The van der Waals surface area contributed by atoms with Gasteiger partial charge in [-0.1, -0.05) is 61.5 Å². The second-order valence-electron chi connectivity index (χ2n) is 4.93. The van der Waals surface area contributed by atoms with Crippen molar-refractivity contribution in [2.24, 2.45) is 5.84 Å². The first-order valence-corrected chi connectivity index (χ1v) is 6.84. The number of hydrogen-bond acceptors (Lipinski definition) is 2. The molecule has 0 saturated heterocycles. The predicted molar refractivity (Wildman–Crippen MR) is 80.7 cm³/mol. The number of hydrogen-bond donors (Lipinski definition) is 2. The molecule has 0 amide bonds. The van der Waals surface area contributed by atoms with Crippen molar-refractivity contribution in [1.82, 2.24) is 5.43 Å². The van der Waals surface area contributed by atoms with Crippen LogP contribution >= 0.6 is 0 Å². The van der Waals surface area contributed by atoms with Crippen molar-refractivity contribution in [3.05, 3.63) is 71.3 Å². The molecule has 0 aliphatic carbocycles. The van der Waals surface area contributed by atoms with Gasteiger partial charge in [0.15, 0.2) is 0 Å². The first-order chi connectivity index (χ1) is 9.27. The van der Waals surface area contributed by atoms with Crippen LogP contribution in [0.3, 0.4) is 0 Å². The first kappa shape index (κ1) is 13.8. The van der Waals surface area contributed by atoms with Crippen molar-refractivity contribution < 1.29 is 0 Å². The minimum Gasteiger partial charge on any atom is -0.271 e. The van der Waals surface area contributed by atoms with Crippen molar-refractivity contribution in [3.8, 4) is 0 Å². The van der Waals surface area contributed by atoms with Gasteiger partial charge in [0.1, 0.15) is 0 Å². The summed E-state index contributed by atoms with van der Waals surface area (Å²) in [5.74, 6) is 6.22. The smallest absolute Gasteiger partial charge is 0.0530 e. The van der Waals surface area contributed by atoms with Gasteiger partial charge in [0, 0.05) is 5.92 Å². The molecule has 0 saturated carbocycles. The fraction of sp³-hybridized carbons (Fsp3) is 0.294. The Balaban J connectivity index is 2.38. The lowest BCUT2D eigenvalue weighted by atomic mass is 9.84. The molecule has 0 radical (unpaired) electrons. The van der Waals surface area contributed by atoms with Gasteiger partial charge >= 0.3 is 0 Å². The lowest BCUT2D eigenvalue weighted by Crippen LogP contribution is -2.33. The number of benzene rings is 2. The zero-order valence-corrected chi connectivity index (χ0v) is 11.6. The third-order valence-corrected chi connectivity index (χ3v) is 3.77. The maximum absolute atomic E-state index is 5.84. The van der Waals surface area contributed by atoms with Gasteiger partial charge in [-0.05, 0) is 30.0 Å². The molecule has 3 N–H and O–H groups in total. The number of rotatable bonds is 5. The van der Waals surface area contributed by atoms with E-state index in [0.717, 1.165) is 6.42 Å². The monoisotopic (exact) mass is 254 g/mol. The lowest BCUT2D eigenvalue weighted by Gasteiger charge is -2.27. The number of aryl methyl sites for hydroxylation is 1. The predicted octanol–water partition coefficient (Wildman–Crippen LogP) is 3.69. The highest BCUT2D eigenvalue weighted by Crippen LogP contribution is 2.34. The molecule has 2 aromatic carbocycles. The van der Waals surface area contributed by atoms with Crippen molar-refractivity contribution in [3.63, 3.8) is 0 Å². The summed E-state index contributed by atoms with van der Waals surface area (Å²) in [4.78, 5) is 0. The third-order valence-electron chi connectivity index (χ3n) is 3.77.